The molecule has 20 heavy (non-hydrogen) atoms. The van der Waals surface area contributed by atoms with Crippen LogP contribution in [0.25, 0.3) is 0 Å². The van der Waals surface area contributed by atoms with Gasteiger partial charge in [-0.3, -0.25) is 0 Å². The largest absolute Gasteiger partial charge is 0.506 e. The third kappa shape index (κ3) is 2.53. The van der Waals surface area contributed by atoms with Crippen molar-refractivity contribution >= 4 is 22.6 Å². The summed E-state index contributed by atoms with van der Waals surface area (Å²) in [6, 6.07) is 1.23. The Morgan fingerprint density at radius 2 is 1.75 bits per heavy atom. The zero-order valence-corrected chi connectivity index (χ0v) is 12.6. The summed E-state index contributed by atoms with van der Waals surface area (Å²) in [4.78, 5) is 3.67. The van der Waals surface area contributed by atoms with Crippen molar-refractivity contribution in [3.05, 3.63) is 12.3 Å². The average molecular weight is 300 g/mol. The van der Waals surface area contributed by atoms with Gasteiger partial charge in [-0.1, -0.05) is 0 Å². The highest BCUT2D eigenvalue weighted by molar-refractivity contribution is 7.89. The average Bonchev–Trinajstić information content (AvgIpc) is 2.46. The Morgan fingerprint density at radius 1 is 1.25 bits per heavy atom. The highest BCUT2D eigenvalue weighted by Crippen LogP contribution is 2.36. The van der Waals surface area contributed by atoms with Crippen molar-refractivity contribution < 1.29 is 22.8 Å². The van der Waals surface area contributed by atoms with Crippen LogP contribution in [0.5, 0.6) is 5.75 Å². The van der Waals surface area contributed by atoms with E-state index < -0.39 is 28.3 Å². The molecule has 0 saturated carbocycles. The van der Waals surface area contributed by atoms with Gasteiger partial charge in [-0.2, -0.15) is 0 Å². The molecule has 0 bridgehead atoms. The SMILES string of the molecule is CC1(C)OB(c2cc(O)cnc2S(N)(=O)=O)OC1(C)C. The van der Waals surface area contributed by atoms with Crippen LogP contribution in [0, 0.1) is 0 Å². The standard InChI is InChI=1S/C11H17BN2O5S/c1-10(2)11(3,4)19-12(18-10)8-5-7(15)6-14-9(8)20(13,16)17/h5-6,15H,1-4H3,(H2,13,16,17). The van der Waals surface area contributed by atoms with Crippen LogP contribution in [0.3, 0.4) is 0 Å². The first-order chi connectivity index (χ1) is 8.94. The molecule has 110 valence electrons. The third-order valence-corrected chi connectivity index (χ3v) is 4.52. The van der Waals surface area contributed by atoms with Gasteiger partial charge in [-0.15, -0.1) is 0 Å². The number of rotatable bonds is 2. The van der Waals surface area contributed by atoms with Crippen LogP contribution < -0.4 is 10.6 Å². The van der Waals surface area contributed by atoms with Gasteiger partial charge < -0.3 is 14.4 Å². The molecule has 0 spiro atoms. The summed E-state index contributed by atoms with van der Waals surface area (Å²) < 4.78 is 34.6. The molecule has 2 rings (SSSR count). The molecule has 0 aromatic carbocycles. The second-order valence-corrected chi connectivity index (χ2v) is 7.20. The van der Waals surface area contributed by atoms with Crippen molar-refractivity contribution in [2.45, 2.75) is 43.9 Å². The minimum absolute atomic E-state index is 0.0890. The van der Waals surface area contributed by atoms with Crippen molar-refractivity contribution in [3.63, 3.8) is 0 Å². The van der Waals surface area contributed by atoms with Crippen molar-refractivity contribution in [2.75, 3.05) is 0 Å². The molecule has 1 saturated heterocycles. The number of primary sulfonamides is 1. The Morgan fingerprint density at radius 3 is 2.20 bits per heavy atom. The zero-order valence-electron chi connectivity index (χ0n) is 11.7. The molecule has 0 radical (unpaired) electrons. The summed E-state index contributed by atoms with van der Waals surface area (Å²) in [6.45, 7) is 7.33. The van der Waals surface area contributed by atoms with Gasteiger partial charge in [0, 0.05) is 5.46 Å². The van der Waals surface area contributed by atoms with Gasteiger partial charge in [0.05, 0.1) is 17.4 Å². The highest BCUT2D eigenvalue weighted by Gasteiger charge is 2.53. The molecule has 3 N–H and O–H groups in total. The Kier molecular flexibility index (Phi) is 3.37. The topological polar surface area (TPSA) is 112 Å². The second-order valence-electron chi connectivity index (χ2n) is 5.72. The number of hydrogen-bond donors (Lipinski definition) is 2. The van der Waals surface area contributed by atoms with Crippen LogP contribution in [0.1, 0.15) is 27.7 Å². The van der Waals surface area contributed by atoms with E-state index in [2.05, 4.69) is 4.98 Å². The Hall–Kier alpha value is -1.16. The lowest BCUT2D eigenvalue weighted by molar-refractivity contribution is 0.00578. The predicted molar refractivity (Wildman–Crippen MR) is 73.0 cm³/mol. The van der Waals surface area contributed by atoms with Crippen LogP contribution in [-0.4, -0.2) is 36.8 Å². The van der Waals surface area contributed by atoms with Crippen molar-refractivity contribution in [2.24, 2.45) is 5.14 Å². The van der Waals surface area contributed by atoms with Gasteiger partial charge in [-0.05, 0) is 33.8 Å². The zero-order chi connectivity index (χ0) is 15.3. The first-order valence-electron chi connectivity index (χ1n) is 6.01. The number of nitrogens with two attached hydrogens (primary N) is 1. The summed E-state index contributed by atoms with van der Waals surface area (Å²) in [7, 11) is -5.01. The van der Waals surface area contributed by atoms with Gasteiger partial charge >= 0.3 is 7.12 Å². The van der Waals surface area contributed by atoms with Gasteiger partial charge in [-0.25, -0.2) is 18.5 Å². The van der Waals surface area contributed by atoms with Gasteiger partial charge in [0.25, 0.3) is 10.0 Å². The van der Waals surface area contributed by atoms with Crippen LogP contribution >= 0.6 is 0 Å². The lowest BCUT2D eigenvalue weighted by atomic mass is 9.80. The van der Waals surface area contributed by atoms with E-state index in [0.29, 0.717) is 0 Å². The van der Waals surface area contributed by atoms with Gasteiger partial charge in [0.2, 0.25) is 0 Å². The highest BCUT2D eigenvalue weighted by atomic mass is 32.2. The fourth-order valence-corrected chi connectivity index (χ4v) is 2.52. The molecule has 1 aliphatic rings. The molecule has 0 unspecified atom stereocenters. The second kappa shape index (κ2) is 4.42. The van der Waals surface area contributed by atoms with Crippen LogP contribution in [0.4, 0.5) is 0 Å². The van der Waals surface area contributed by atoms with E-state index in [1.165, 1.54) is 6.07 Å². The Labute approximate surface area is 118 Å². The van der Waals surface area contributed by atoms with E-state index in [-0.39, 0.29) is 16.2 Å². The maximum atomic E-state index is 11.6. The van der Waals surface area contributed by atoms with E-state index in [0.717, 1.165) is 6.20 Å². The monoisotopic (exact) mass is 300 g/mol. The van der Waals surface area contributed by atoms with E-state index in [4.69, 9.17) is 14.4 Å². The van der Waals surface area contributed by atoms with E-state index in [1.54, 1.807) is 0 Å². The molecule has 0 amide bonds. The van der Waals surface area contributed by atoms with Gasteiger partial charge in [0.15, 0.2) is 5.03 Å². The molecule has 1 aliphatic heterocycles. The van der Waals surface area contributed by atoms with Crippen molar-refractivity contribution in [1.29, 1.82) is 0 Å². The number of aromatic nitrogens is 1. The first-order valence-corrected chi connectivity index (χ1v) is 7.56. The third-order valence-electron chi connectivity index (χ3n) is 3.64. The molecular formula is C11H17BN2O5S. The molecular weight excluding hydrogens is 283 g/mol. The fraction of sp³-hybridized carbons (Fsp3) is 0.545. The van der Waals surface area contributed by atoms with Crippen LogP contribution in [0.2, 0.25) is 0 Å². The minimum Gasteiger partial charge on any atom is -0.506 e. The quantitative estimate of drug-likeness (QED) is 0.727. The number of aromatic hydroxyl groups is 1. The van der Waals surface area contributed by atoms with Crippen molar-refractivity contribution in [1.82, 2.24) is 4.98 Å². The summed E-state index contributed by atoms with van der Waals surface area (Å²) in [5.41, 5.74) is -1.19. The fourth-order valence-electron chi connectivity index (χ4n) is 1.83. The number of pyridine rings is 1. The van der Waals surface area contributed by atoms with E-state index in [9.17, 15) is 13.5 Å². The predicted octanol–water partition coefficient (Wildman–Crippen LogP) is -0.266. The molecule has 0 atom stereocenters. The molecule has 1 aromatic rings. The van der Waals surface area contributed by atoms with Crippen LogP contribution in [-0.2, 0) is 19.3 Å². The van der Waals surface area contributed by atoms with Crippen LogP contribution in [0.15, 0.2) is 17.3 Å². The summed E-state index contributed by atoms with van der Waals surface area (Å²) in [6.07, 6.45) is 1.01. The van der Waals surface area contributed by atoms with Gasteiger partial charge in [0.1, 0.15) is 5.75 Å². The maximum absolute atomic E-state index is 11.6. The summed E-state index contributed by atoms with van der Waals surface area (Å²) in [5, 5.41) is 14.3. The number of sulfonamides is 1. The first kappa shape index (κ1) is 15.2. The molecule has 0 aliphatic carbocycles. The minimum atomic E-state index is -4.04. The van der Waals surface area contributed by atoms with Crippen molar-refractivity contribution in [3.8, 4) is 5.75 Å². The Bertz CT molecular complexity index is 628. The summed E-state index contributed by atoms with van der Waals surface area (Å²) >= 11 is 0. The Balaban J connectivity index is 2.53. The molecule has 1 aromatic heterocycles. The lowest BCUT2D eigenvalue weighted by Crippen LogP contribution is -2.41. The number of hydrogen-bond acceptors (Lipinski definition) is 6. The summed E-state index contributed by atoms with van der Waals surface area (Å²) in [5.74, 6) is -0.192. The molecule has 1 fully saturated rings. The van der Waals surface area contributed by atoms with E-state index in [1.807, 2.05) is 27.7 Å². The molecule has 7 nitrogen and oxygen atoms in total. The lowest BCUT2D eigenvalue weighted by Gasteiger charge is -2.32. The molecule has 9 heteroatoms. The number of nitrogens with zero attached hydrogens (tertiary/aromatic N) is 1. The smallest absolute Gasteiger partial charge is 0.498 e. The maximum Gasteiger partial charge on any atom is 0.498 e. The normalized spacial score (nSPS) is 21.1. The molecule has 2 heterocycles. The van der Waals surface area contributed by atoms with E-state index >= 15 is 0 Å².